The lowest BCUT2D eigenvalue weighted by molar-refractivity contribution is -0.907. The summed E-state index contributed by atoms with van der Waals surface area (Å²) >= 11 is 0. The summed E-state index contributed by atoms with van der Waals surface area (Å²) in [6.45, 7) is 2.47. The van der Waals surface area contributed by atoms with Gasteiger partial charge in [-0.1, -0.05) is 6.42 Å². The van der Waals surface area contributed by atoms with Gasteiger partial charge >= 0.3 is 0 Å². The Kier molecular flexibility index (Phi) is 5.40. The Labute approximate surface area is 82.5 Å². The van der Waals surface area contributed by atoms with Crippen molar-refractivity contribution < 1.29 is 10.6 Å². The van der Waals surface area contributed by atoms with Crippen LogP contribution in [0.4, 0.5) is 0 Å². The van der Waals surface area contributed by atoms with Crippen molar-refractivity contribution in [2.24, 2.45) is 0 Å². The summed E-state index contributed by atoms with van der Waals surface area (Å²) in [4.78, 5) is 1.77. The SMILES string of the molecule is C[NH+](CCCC[NH3+])C1CCCCC1. The van der Waals surface area contributed by atoms with Crippen molar-refractivity contribution in [2.75, 3.05) is 20.1 Å². The summed E-state index contributed by atoms with van der Waals surface area (Å²) in [5.74, 6) is 0. The van der Waals surface area contributed by atoms with E-state index >= 15 is 0 Å². The van der Waals surface area contributed by atoms with E-state index in [9.17, 15) is 0 Å². The van der Waals surface area contributed by atoms with Gasteiger partial charge in [0, 0.05) is 12.8 Å². The molecule has 0 bridgehead atoms. The van der Waals surface area contributed by atoms with Crippen molar-refractivity contribution in [1.29, 1.82) is 0 Å². The van der Waals surface area contributed by atoms with Gasteiger partial charge in [-0.3, -0.25) is 0 Å². The lowest BCUT2D eigenvalue weighted by Gasteiger charge is -2.28. The molecule has 1 fully saturated rings. The molecule has 0 amide bonds. The highest BCUT2D eigenvalue weighted by molar-refractivity contribution is 4.63. The van der Waals surface area contributed by atoms with E-state index in [1.54, 1.807) is 4.90 Å². The van der Waals surface area contributed by atoms with Crippen molar-refractivity contribution in [3.63, 3.8) is 0 Å². The number of nitrogens with one attached hydrogen (secondary N) is 1. The van der Waals surface area contributed by atoms with Crippen LogP contribution in [0, 0.1) is 0 Å². The average Bonchev–Trinajstić information content (AvgIpc) is 2.19. The summed E-state index contributed by atoms with van der Waals surface area (Å²) in [6, 6.07) is 0.971. The molecule has 1 unspecified atom stereocenters. The topological polar surface area (TPSA) is 32.1 Å². The van der Waals surface area contributed by atoms with Gasteiger partial charge in [0.25, 0.3) is 0 Å². The van der Waals surface area contributed by atoms with E-state index in [0.29, 0.717) is 0 Å². The van der Waals surface area contributed by atoms with E-state index in [1.807, 2.05) is 0 Å². The number of hydrogen-bond donors (Lipinski definition) is 2. The highest BCUT2D eigenvalue weighted by atomic mass is 15.1. The molecular weight excluding hydrogens is 160 g/mol. The Bertz CT molecular complexity index is 119. The first-order valence-corrected chi connectivity index (χ1v) is 5.96. The van der Waals surface area contributed by atoms with E-state index in [1.165, 1.54) is 51.5 Å². The van der Waals surface area contributed by atoms with Crippen molar-refractivity contribution in [2.45, 2.75) is 51.0 Å². The first kappa shape index (κ1) is 11.0. The molecule has 1 aliphatic carbocycles. The molecular formula is C11H26N2+2. The van der Waals surface area contributed by atoms with Gasteiger partial charge in [-0.05, 0) is 25.7 Å². The van der Waals surface area contributed by atoms with Crippen LogP contribution in [0.15, 0.2) is 0 Å². The van der Waals surface area contributed by atoms with E-state index in [-0.39, 0.29) is 0 Å². The summed E-state index contributed by atoms with van der Waals surface area (Å²) in [5, 5.41) is 0. The quantitative estimate of drug-likeness (QED) is 0.560. The molecule has 1 saturated carbocycles. The maximum absolute atomic E-state index is 3.89. The second-order valence-electron chi connectivity index (χ2n) is 4.49. The Morgan fingerprint density at radius 2 is 1.85 bits per heavy atom. The van der Waals surface area contributed by atoms with E-state index in [4.69, 9.17) is 0 Å². The third-order valence-corrected chi connectivity index (χ3v) is 3.37. The minimum absolute atomic E-state index is 0.971. The molecule has 13 heavy (non-hydrogen) atoms. The van der Waals surface area contributed by atoms with Crippen molar-refractivity contribution >= 4 is 0 Å². The van der Waals surface area contributed by atoms with E-state index in [2.05, 4.69) is 12.8 Å². The van der Waals surface area contributed by atoms with Gasteiger partial charge in [-0.15, -0.1) is 0 Å². The van der Waals surface area contributed by atoms with E-state index in [0.717, 1.165) is 12.6 Å². The number of unbranched alkanes of at least 4 members (excludes halogenated alkanes) is 1. The second-order valence-corrected chi connectivity index (χ2v) is 4.49. The van der Waals surface area contributed by atoms with Crippen molar-refractivity contribution in [3.8, 4) is 0 Å². The number of quaternary nitrogens is 2. The van der Waals surface area contributed by atoms with Gasteiger partial charge in [0.1, 0.15) is 0 Å². The minimum atomic E-state index is 0.971. The minimum Gasteiger partial charge on any atom is -0.358 e. The molecule has 0 aromatic rings. The fraction of sp³-hybridized carbons (Fsp3) is 1.00. The first-order valence-electron chi connectivity index (χ1n) is 5.96. The molecule has 1 aliphatic rings. The summed E-state index contributed by atoms with van der Waals surface area (Å²) < 4.78 is 0. The predicted molar refractivity (Wildman–Crippen MR) is 55.6 cm³/mol. The van der Waals surface area contributed by atoms with Crippen LogP contribution in [0.5, 0.6) is 0 Å². The average molecular weight is 186 g/mol. The summed E-state index contributed by atoms with van der Waals surface area (Å²) in [6.07, 6.45) is 10.0. The fourth-order valence-electron chi connectivity index (χ4n) is 2.38. The third kappa shape index (κ3) is 4.10. The number of hydrogen-bond acceptors (Lipinski definition) is 0. The second kappa shape index (κ2) is 6.39. The summed E-state index contributed by atoms with van der Waals surface area (Å²) in [7, 11) is 2.37. The first-order chi connectivity index (χ1) is 6.34. The van der Waals surface area contributed by atoms with Gasteiger partial charge < -0.3 is 10.6 Å². The monoisotopic (exact) mass is 186 g/mol. The van der Waals surface area contributed by atoms with Gasteiger partial charge in [-0.2, -0.15) is 0 Å². The largest absolute Gasteiger partial charge is 0.358 e. The molecule has 0 aromatic heterocycles. The molecule has 0 radical (unpaired) electrons. The van der Waals surface area contributed by atoms with Crippen LogP contribution >= 0.6 is 0 Å². The van der Waals surface area contributed by atoms with Crippen molar-refractivity contribution in [1.82, 2.24) is 0 Å². The van der Waals surface area contributed by atoms with Crippen molar-refractivity contribution in [3.05, 3.63) is 0 Å². The van der Waals surface area contributed by atoms with Crippen LogP contribution < -0.4 is 10.6 Å². The van der Waals surface area contributed by atoms with Gasteiger partial charge in [0.15, 0.2) is 0 Å². The molecule has 2 nitrogen and oxygen atoms in total. The fourth-order valence-corrected chi connectivity index (χ4v) is 2.38. The van der Waals surface area contributed by atoms with Crippen LogP contribution in [0.2, 0.25) is 0 Å². The maximum atomic E-state index is 3.89. The molecule has 0 aliphatic heterocycles. The Balaban J connectivity index is 2.09. The Morgan fingerprint density at radius 3 is 2.46 bits per heavy atom. The smallest absolute Gasteiger partial charge is 0.0872 e. The summed E-state index contributed by atoms with van der Waals surface area (Å²) in [5.41, 5.74) is 3.89. The van der Waals surface area contributed by atoms with Crippen LogP contribution in [-0.2, 0) is 0 Å². The normalized spacial score (nSPS) is 21.7. The number of rotatable bonds is 5. The highest BCUT2D eigenvalue weighted by Crippen LogP contribution is 2.15. The van der Waals surface area contributed by atoms with Gasteiger partial charge in [0.05, 0.1) is 26.2 Å². The lowest BCUT2D eigenvalue weighted by atomic mass is 9.94. The van der Waals surface area contributed by atoms with E-state index < -0.39 is 0 Å². The Morgan fingerprint density at radius 1 is 1.15 bits per heavy atom. The highest BCUT2D eigenvalue weighted by Gasteiger charge is 2.20. The molecule has 4 N–H and O–H groups in total. The van der Waals surface area contributed by atoms with Gasteiger partial charge in [0.2, 0.25) is 0 Å². The third-order valence-electron chi connectivity index (χ3n) is 3.37. The van der Waals surface area contributed by atoms with Gasteiger partial charge in [-0.25, -0.2) is 0 Å². The van der Waals surface area contributed by atoms with Crippen LogP contribution in [0.1, 0.15) is 44.9 Å². The zero-order valence-electron chi connectivity index (χ0n) is 9.15. The molecule has 1 atom stereocenters. The zero-order valence-corrected chi connectivity index (χ0v) is 9.15. The molecule has 0 aromatic carbocycles. The lowest BCUT2D eigenvalue weighted by Crippen LogP contribution is -3.13. The maximum Gasteiger partial charge on any atom is 0.0872 e. The Hall–Kier alpha value is -0.0800. The van der Waals surface area contributed by atoms with Crippen LogP contribution in [0.25, 0.3) is 0 Å². The van der Waals surface area contributed by atoms with Crippen LogP contribution in [-0.4, -0.2) is 26.2 Å². The zero-order chi connectivity index (χ0) is 9.52. The standard InChI is InChI=1S/C11H24N2/c1-13(10-6-5-9-12)11-7-3-2-4-8-11/h11H,2-10,12H2,1H3/p+2. The molecule has 0 heterocycles. The molecule has 1 rings (SSSR count). The molecule has 0 saturated heterocycles. The van der Waals surface area contributed by atoms with Crippen LogP contribution in [0.3, 0.4) is 0 Å². The molecule has 78 valence electrons. The molecule has 2 heteroatoms. The predicted octanol–water partition coefficient (Wildman–Crippen LogP) is -0.144. The molecule has 0 spiro atoms.